The van der Waals surface area contributed by atoms with Crippen LogP contribution < -0.4 is 10.1 Å². The lowest BCUT2D eigenvalue weighted by Gasteiger charge is -2.12. The first kappa shape index (κ1) is 21.6. The summed E-state index contributed by atoms with van der Waals surface area (Å²) in [6.45, 7) is 2.83. The second-order valence-electron chi connectivity index (χ2n) is 8.01. The molecule has 0 fully saturated rings. The van der Waals surface area contributed by atoms with Crippen molar-refractivity contribution >= 4 is 27.7 Å². The maximum atomic E-state index is 13.4. The number of hydrogen-bond donors (Lipinski definition) is 2. The molecule has 0 aliphatic heterocycles. The van der Waals surface area contributed by atoms with Crippen molar-refractivity contribution in [3.05, 3.63) is 95.9 Å². The van der Waals surface area contributed by atoms with Gasteiger partial charge in [0, 0.05) is 28.4 Å². The molecule has 0 atom stereocenters. The van der Waals surface area contributed by atoms with Crippen molar-refractivity contribution < 1.29 is 13.9 Å². The number of rotatable bonds is 7. The molecule has 3 aromatic carbocycles. The average Bonchev–Trinajstić information content (AvgIpc) is 3.23. The third kappa shape index (κ3) is 4.22. The van der Waals surface area contributed by atoms with Crippen molar-refractivity contribution in [2.75, 3.05) is 13.2 Å². The zero-order chi connectivity index (χ0) is 23.5. The van der Waals surface area contributed by atoms with Gasteiger partial charge in [-0.05, 0) is 55.3 Å². The Balaban J connectivity index is 1.55. The minimum atomic E-state index is -0.284. The van der Waals surface area contributed by atoms with Crippen LogP contribution in [0.2, 0.25) is 0 Å². The Morgan fingerprint density at radius 2 is 1.82 bits per heavy atom. The number of hydrogen-bond acceptors (Lipinski definition) is 3. The number of aromatic amines is 1. The Bertz CT molecular complexity index is 1490. The summed E-state index contributed by atoms with van der Waals surface area (Å²) in [7, 11) is 0. The van der Waals surface area contributed by atoms with Gasteiger partial charge in [-0.25, -0.2) is 9.37 Å². The summed E-state index contributed by atoms with van der Waals surface area (Å²) in [6, 6.07) is 23.9. The van der Waals surface area contributed by atoms with Gasteiger partial charge in [-0.15, -0.1) is 0 Å². The summed E-state index contributed by atoms with van der Waals surface area (Å²) in [5, 5.41) is 4.86. The van der Waals surface area contributed by atoms with E-state index in [9.17, 15) is 9.18 Å². The van der Waals surface area contributed by atoms with Crippen molar-refractivity contribution in [3.8, 4) is 17.0 Å². The highest BCUT2D eigenvalue weighted by molar-refractivity contribution is 6.13. The number of pyridine rings is 1. The minimum Gasteiger partial charge on any atom is -0.493 e. The number of nitrogens with one attached hydrogen (secondary N) is 2. The fraction of sp³-hybridized carbons (Fsp3) is 0.143. The van der Waals surface area contributed by atoms with Crippen molar-refractivity contribution in [1.29, 1.82) is 0 Å². The molecule has 0 unspecified atom stereocenters. The van der Waals surface area contributed by atoms with Gasteiger partial charge in [-0.2, -0.15) is 0 Å². The molecule has 2 heterocycles. The van der Waals surface area contributed by atoms with Crippen LogP contribution >= 0.6 is 0 Å². The van der Waals surface area contributed by atoms with Crippen molar-refractivity contribution in [2.45, 2.75) is 13.3 Å². The molecule has 5 nitrogen and oxygen atoms in total. The maximum Gasteiger partial charge on any atom is 0.269 e. The molecular formula is C28H24FN3O2. The fourth-order valence-corrected chi connectivity index (χ4v) is 4.20. The third-order valence-electron chi connectivity index (χ3n) is 5.76. The lowest BCUT2D eigenvalue weighted by molar-refractivity contribution is 0.0949. The molecule has 170 valence electrons. The second kappa shape index (κ2) is 9.35. The molecule has 0 aliphatic rings. The SMILES string of the molecule is CCOc1ccccc1-c1nc(C(=O)NCCc2cccc(F)c2)cc2c1[nH]c1ccccc12. The van der Waals surface area contributed by atoms with E-state index in [1.807, 2.05) is 67.6 Å². The normalized spacial score (nSPS) is 11.1. The van der Waals surface area contributed by atoms with E-state index < -0.39 is 0 Å². The van der Waals surface area contributed by atoms with Crippen LogP contribution in [0.4, 0.5) is 4.39 Å². The van der Waals surface area contributed by atoms with Crippen LogP contribution in [-0.2, 0) is 6.42 Å². The molecule has 6 heteroatoms. The van der Waals surface area contributed by atoms with Gasteiger partial charge in [0.2, 0.25) is 0 Å². The molecule has 5 rings (SSSR count). The zero-order valence-electron chi connectivity index (χ0n) is 18.8. The van der Waals surface area contributed by atoms with Gasteiger partial charge < -0.3 is 15.0 Å². The standard InChI is InChI=1S/C28H24FN3O2/c1-2-34-25-13-6-4-11-21(25)26-27-22(20-10-3-5-12-23(20)31-27)17-24(32-26)28(33)30-15-14-18-8-7-9-19(29)16-18/h3-13,16-17,31H,2,14-15H2,1H3,(H,30,33). The molecule has 0 aliphatic carbocycles. The number of carbonyl (C=O) groups excluding carboxylic acids is 1. The first-order valence-corrected chi connectivity index (χ1v) is 11.3. The fourth-order valence-electron chi connectivity index (χ4n) is 4.20. The predicted octanol–water partition coefficient (Wildman–Crippen LogP) is 5.89. The Morgan fingerprint density at radius 1 is 1.00 bits per heavy atom. The van der Waals surface area contributed by atoms with Crippen LogP contribution in [0.15, 0.2) is 78.9 Å². The van der Waals surface area contributed by atoms with Gasteiger partial charge in [0.15, 0.2) is 0 Å². The maximum absolute atomic E-state index is 13.4. The number of H-pyrrole nitrogens is 1. The van der Waals surface area contributed by atoms with Gasteiger partial charge in [-0.3, -0.25) is 4.79 Å². The van der Waals surface area contributed by atoms with E-state index in [0.717, 1.165) is 32.9 Å². The smallest absolute Gasteiger partial charge is 0.269 e. The van der Waals surface area contributed by atoms with E-state index in [1.165, 1.54) is 12.1 Å². The summed E-state index contributed by atoms with van der Waals surface area (Å²) < 4.78 is 19.3. The van der Waals surface area contributed by atoms with Crippen LogP contribution in [0, 0.1) is 5.82 Å². The molecule has 0 radical (unpaired) electrons. The molecule has 2 aromatic heterocycles. The number of aromatic nitrogens is 2. The quantitative estimate of drug-likeness (QED) is 0.323. The first-order valence-electron chi connectivity index (χ1n) is 11.3. The highest BCUT2D eigenvalue weighted by Gasteiger charge is 2.19. The number of para-hydroxylation sites is 2. The topological polar surface area (TPSA) is 67.0 Å². The second-order valence-corrected chi connectivity index (χ2v) is 8.01. The van der Waals surface area contributed by atoms with Crippen LogP contribution in [0.3, 0.4) is 0 Å². The van der Waals surface area contributed by atoms with Gasteiger partial charge in [0.05, 0.1) is 17.8 Å². The molecule has 0 spiro atoms. The summed E-state index contributed by atoms with van der Waals surface area (Å²) in [6.07, 6.45) is 0.527. The van der Waals surface area contributed by atoms with Gasteiger partial charge in [-0.1, -0.05) is 42.5 Å². The van der Waals surface area contributed by atoms with Crippen molar-refractivity contribution in [1.82, 2.24) is 15.3 Å². The van der Waals surface area contributed by atoms with E-state index in [2.05, 4.69) is 10.3 Å². The summed E-state index contributed by atoms with van der Waals surface area (Å²) >= 11 is 0. The highest BCUT2D eigenvalue weighted by Crippen LogP contribution is 2.36. The molecule has 34 heavy (non-hydrogen) atoms. The summed E-state index contributed by atoms with van der Waals surface area (Å²) in [5.74, 6) is 0.146. The van der Waals surface area contributed by atoms with Gasteiger partial charge in [0.1, 0.15) is 17.3 Å². The van der Waals surface area contributed by atoms with Crippen LogP contribution in [-0.4, -0.2) is 29.0 Å². The number of benzene rings is 3. The molecule has 2 N–H and O–H groups in total. The zero-order valence-corrected chi connectivity index (χ0v) is 18.8. The monoisotopic (exact) mass is 453 g/mol. The molecule has 5 aromatic rings. The van der Waals surface area contributed by atoms with E-state index in [-0.39, 0.29) is 11.7 Å². The van der Waals surface area contributed by atoms with Crippen LogP contribution in [0.1, 0.15) is 23.0 Å². The number of halogens is 1. The minimum absolute atomic E-state index is 0.279. The largest absolute Gasteiger partial charge is 0.493 e. The number of amides is 1. The number of carbonyl (C=O) groups is 1. The molecule has 0 bridgehead atoms. The Kier molecular flexibility index (Phi) is 5.95. The predicted molar refractivity (Wildman–Crippen MR) is 133 cm³/mol. The van der Waals surface area contributed by atoms with Gasteiger partial charge in [0.25, 0.3) is 5.91 Å². The van der Waals surface area contributed by atoms with Gasteiger partial charge >= 0.3 is 0 Å². The van der Waals surface area contributed by atoms with Crippen molar-refractivity contribution in [2.24, 2.45) is 0 Å². The van der Waals surface area contributed by atoms with Crippen LogP contribution in [0.5, 0.6) is 5.75 Å². The van der Waals surface area contributed by atoms with Crippen molar-refractivity contribution in [3.63, 3.8) is 0 Å². The number of ether oxygens (including phenoxy) is 1. The molecule has 1 amide bonds. The van der Waals surface area contributed by atoms with E-state index >= 15 is 0 Å². The third-order valence-corrected chi connectivity index (χ3v) is 5.76. The highest BCUT2D eigenvalue weighted by atomic mass is 19.1. The van der Waals surface area contributed by atoms with E-state index in [0.29, 0.717) is 36.7 Å². The summed E-state index contributed by atoms with van der Waals surface area (Å²) in [5.41, 5.74) is 4.44. The van der Waals surface area contributed by atoms with E-state index in [1.54, 1.807) is 6.07 Å². The Labute approximate surface area is 196 Å². The van der Waals surface area contributed by atoms with E-state index in [4.69, 9.17) is 9.72 Å². The Morgan fingerprint density at radius 3 is 2.68 bits per heavy atom. The molecule has 0 saturated carbocycles. The average molecular weight is 454 g/mol. The number of fused-ring (bicyclic) bond motifs is 3. The summed E-state index contributed by atoms with van der Waals surface area (Å²) in [4.78, 5) is 21.3. The Hall–Kier alpha value is -4.19. The lowest BCUT2D eigenvalue weighted by atomic mass is 10.1. The number of nitrogens with zero attached hydrogens (tertiary/aromatic N) is 1. The molecule has 0 saturated heterocycles. The lowest BCUT2D eigenvalue weighted by Crippen LogP contribution is -2.26. The van der Waals surface area contributed by atoms with Crippen LogP contribution in [0.25, 0.3) is 33.1 Å². The molecular weight excluding hydrogens is 429 g/mol. The first-order chi connectivity index (χ1) is 16.6.